The molecule has 0 bridgehead atoms. The second-order valence-corrected chi connectivity index (χ2v) is 5.25. The lowest BCUT2D eigenvalue weighted by atomic mass is 10.0. The Kier molecular flexibility index (Phi) is 3.33. The fourth-order valence-corrected chi connectivity index (χ4v) is 3.15. The Morgan fingerprint density at radius 1 is 1.17 bits per heavy atom. The van der Waals surface area contributed by atoms with E-state index < -0.39 is 0 Å². The van der Waals surface area contributed by atoms with Crippen LogP contribution in [0.1, 0.15) is 37.3 Å². The maximum Gasteiger partial charge on any atom is 0.240 e. The second kappa shape index (κ2) is 5.11. The van der Waals surface area contributed by atoms with Crippen molar-refractivity contribution in [1.29, 1.82) is 0 Å². The van der Waals surface area contributed by atoms with E-state index >= 15 is 0 Å². The van der Waals surface area contributed by atoms with Gasteiger partial charge in [-0.2, -0.15) is 0 Å². The van der Waals surface area contributed by atoms with Gasteiger partial charge in [0.15, 0.2) is 0 Å². The van der Waals surface area contributed by atoms with Crippen LogP contribution < -0.4 is 5.32 Å². The van der Waals surface area contributed by atoms with Gasteiger partial charge >= 0.3 is 0 Å². The van der Waals surface area contributed by atoms with Crippen LogP contribution in [0.5, 0.6) is 0 Å². The third-order valence-corrected chi connectivity index (χ3v) is 4.08. The molecule has 2 heterocycles. The van der Waals surface area contributed by atoms with E-state index in [-0.39, 0.29) is 6.04 Å². The van der Waals surface area contributed by atoms with Gasteiger partial charge in [-0.25, -0.2) is 0 Å². The maximum atomic E-state index is 12.5. The van der Waals surface area contributed by atoms with Gasteiger partial charge in [-0.3, -0.25) is 4.79 Å². The molecule has 2 aliphatic rings. The average molecular weight is 244 g/mol. The van der Waals surface area contributed by atoms with Crippen LogP contribution in [0.3, 0.4) is 0 Å². The number of hydrogen-bond donors (Lipinski definition) is 1. The molecule has 0 aromatic heterocycles. The summed E-state index contributed by atoms with van der Waals surface area (Å²) in [4.78, 5) is 14.6. The van der Waals surface area contributed by atoms with Crippen molar-refractivity contribution < 1.29 is 4.79 Å². The van der Waals surface area contributed by atoms with Gasteiger partial charge in [0.25, 0.3) is 0 Å². The number of amides is 1. The Balaban J connectivity index is 1.77. The molecule has 0 radical (unpaired) electrons. The van der Waals surface area contributed by atoms with Gasteiger partial charge in [0.05, 0.1) is 12.1 Å². The van der Waals surface area contributed by atoms with E-state index in [0.717, 1.165) is 38.8 Å². The van der Waals surface area contributed by atoms with Crippen molar-refractivity contribution in [2.45, 2.75) is 37.8 Å². The molecule has 96 valence electrons. The first-order valence-electron chi connectivity index (χ1n) is 6.95. The van der Waals surface area contributed by atoms with E-state index in [9.17, 15) is 4.79 Å². The standard InChI is InChI=1S/C15H20N2O/c18-15(13-8-4-10-16-13)17-11-5-9-14(17)12-6-2-1-3-7-12/h1-3,6-7,13-14,16H,4-5,8-11H2. The van der Waals surface area contributed by atoms with Crippen LogP contribution in [-0.2, 0) is 4.79 Å². The predicted molar refractivity (Wildman–Crippen MR) is 71.2 cm³/mol. The molecule has 0 saturated carbocycles. The van der Waals surface area contributed by atoms with Gasteiger partial charge in [0.1, 0.15) is 0 Å². The molecule has 2 saturated heterocycles. The van der Waals surface area contributed by atoms with Crippen LogP contribution in [0.4, 0.5) is 0 Å². The van der Waals surface area contributed by atoms with Crippen molar-refractivity contribution in [2.75, 3.05) is 13.1 Å². The van der Waals surface area contributed by atoms with Crippen LogP contribution in [0.15, 0.2) is 30.3 Å². The minimum absolute atomic E-state index is 0.0642. The third-order valence-electron chi connectivity index (χ3n) is 4.08. The summed E-state index contributed by atoms with van der Waals surface area (Å²) < 4.78 is 0. The summed E-state index contributed by atoms with van der Waals surface area (Å²) in [5, 5.41) is 3.31. The lowest BCUT2D eigenvalue weighted by Crippen LogP contribution is -2.43. The van der Waals surface area contributed by atoms with Crippen molar-refractivity contribution in [2.24, 2.45) is 0 Å². The van der Waals surface area contributed by atoms with Gasteiger partial charge in [-0.1, -0.05) is 30.3 Å². The molecule has 1 aromatic carbocycles. The molecule has 3 heteroatoms. The summed E-state index contributed by atoms with van der Waals surface area (Å²) in [6, 6.07) is 10.8. The maximum absolute atomic E-state index is 12.5. The molecule has 1 amide bonds. The molecule has 1 aromatic rings. The Bertz CT molecular complexity index is 412. The van der Waals surface area contributed by atoms with Gasteiger partial charge in [0.2, 0.25) is 5.91 Å². The molecule has 3 rings (SSSR count). The first-order valence-corrected chi connectivity index (χ1v) is 6.95. The number of likely N-dealkylation sites (tertiary alicyclic amines) is 1. The van der Waals surface area contributed by atoms with Crippen LogP contribution >= 0.6 is 0 Å². The van der Waals surface area contributed by atoms with E-state index in [1.54, 1.807) is 0 Å². The Morgan fingerprint density at radius 2 is 2.00 bits per heavy atom. The summed E-state index contributed by atoms with van der Waals surface area (Å²) in [5.74, 6) is 0.304. The molecule has 2 atom stereocenters. The van der Waals surface area contributed by atoms with Gasteiger partial charge < -0.3 is 10.2 Å². The van der Waals surface area contributed by atoms with E-state index in [2.05, 4.69) is 34.5 Å². The first kappa shape index (κ1) is 11.7. The third kappa shape index (κ3) is 2.15. The van der Waals surface area contributed by atoms with Crippen molar-refractivity contribution >= 4 is 5.91 Å². The summed E-state index contributed by atoms with van der Waals surface area (Å²) in [6.45, 7) is 1.90. The zero-order valence-corrected chi connectivity index (χ0v) is 10.6. The number of carbonyl (C=O) groups excluding carboxylic acids is 1. The topological polar surface area (TPSA) is 32.3 Å². The summed E-state index contributed by atoms with van der Waals surface area (Å²) in [6.07, 6.45) is 4.34. The number of hydrogen-bond acceptors (Lipinski definition) is 2. The Labute approximate surface area is 108 Å². The van der Waals surface area contributed by atoms with E-state index in [4.69, 9.17) is 0 Å². The molecule has 2 aliphatic heterocycles. The molecule has 0 aliphatic carbocycles. The van der Waals surface area contributed by atoms with Crippen LogP contribution in [0.2, 0.25) is 0 Å². The molecular weight excluding hydrogens is 224 g/mol. The summed E-state index contributed by atoms with van der Waals surface area (Å²) >= 11 is 0. The number of rotatable bonds is 2. The first-order chi connectivity index (χ1) is 8.86. The zero-order valence-electron chi connectivity index (χ0n) is 10.6. The zero-order chi connectivity index (χ0) is 12.4. The van der Waals surface area contributed by atoms with Crippen molar-refractivity contribution in [3.8, 4) is 0 Å². The SMILES string of the molecule is O=C(C1CCCN1)N1CCCC1c1ccccc1. The number of benzene rings is 1. The lowest BCUT2D eigenvalue weighted by molar-refractivity contribution is -0.134. The van der Waals surface area contributed by atoms with E-state index in [1.165, 1.54) is 5.56 Å². The average Bonchev–Trinajstić information content (AvgIpc) is 3.10. The highest BCUT2D eigenvalue weighted by Gasteiger charge is 2.34. The van der Waals surface area contributed by atoms with Gasteiger partial charge in [0, 0.05) is 6.54 Å². The minimum atomic E-state index is 0.0642. The normalized spacial score (nSPS) is 27.7. The minimum Gasteiger partial charge on any atom is -0.334 e. The largest absolute Gasteiger partial charge is 0.334 e. The molecule has 2 fully saturated rings. The van der Waals surface area contributed by atoms with Gasteiger partial charge in [-0.15, -0.1) is 0 Å². The summed E-state index contributed by atoms with van der Waals surface area (Å²) in [7, 11) is 0. The van der Waals surface area contributed by atoms with Crippen molar-refractivity contribution in [3.63, 3.8) is 0 Å². The molecule has 0 spiro atoms. The lowest BCUT2D eigenvalue weighted by Gasteiger charge is -2.27. The fraction of sp³-hybridized carbons (Fsp3) is 0.533. The van der Waals surface area contributed by atoms with Gasteiger partial charge in [-0.05, 0) is 37.8 Å². The highest BCUT2D eigenvalue weighted by molar-refractivity contribution is 5.83. The fourth-order valence-electron chi connectivity index (χ4n) is 3.15. The molecule has 2 unspecified atom stereocenters. The highest BCUT2D eigenvalue weighted by Crippen LogP contribution is 2.32. The monoisotopic (exact) mass is 244 g/mol. The highest BCUT2D eigenvalue weighted by atomic mass is 16.2. The van der Waals surface area contributed by atoms with E-state index in [0.29, 0.717) is 11.9 Å². The van der Waals surface area contributed by atoms with Crippen LogP contribution in [0, 0.1) is 0 Å². The predicted octanol–water partition coefficient (Wildman–Crippen LogP) is 2.10. The Morgan fingerprint density at radius 3 is 2.72 bits per heavy atom. The van der Waals surface area contributed by atoms with Crippen LogP contribution in [0.25, 0.3) is 0 Å². The molecule has 3 nitrogen and oxygen atoms in total. The smallest absolute Gasteiger partial charge is 0.240 e. The number of nitrogens with zero attached hydrogens (tertiary/aromatic N) is 1. The number of nitrogens with one attached hydrogen (secondary N) is 1. The molecule has 1 N–H and O–H groups in total. The summed E-state index contributed by atoms with van der Waals surface area (Å²) in [5.41, 5.74) is 1.28. The molecular formula is C15H20N2O. The van der Waals surface area contributed by atoms with Crippen LogP contribution in [-0.4, -0.2) is 29.9 Å². The Hall–Kier alpha value is -1.35. The molecule has 18 heavy (non-hydrogen) atoms. The van der Waals surface area contributed by atoms with Crippen molar-refractivity contribution in [3.05, 3.63) is 35.9 Å². The number of carbonyl (C=O) groups is 1. The van der Waals surface area contributed by atoms with Crippen molar-refractivity contribution in [1.82, 2.24) is 10.2 Å². The van der Waals surface area contributed by atoms with E-state index in [1.807, 2.05) is 6.07 Å². The second-order valence-electron chi connectivity index (χ2n) is 5.25. The quantitative estimate of drug-likeness (QED) is 0.864.